The number of aliphatic carboxylic acids is 1. The van der Waals surface area contributed by atoms with E-state index in [9.17, 15) is 19.5 Å². The molecule has 0 amide bonds. The summed E-state index contributed by atoms with van der Waals surface area (Å²) in [7, 11) is 1.16. The number of aliphatic imine (C=N–C) groups is 1. The highest BCUT2D eigenvalue weighted by molar-refractivity contribution is 6.09. The minimum absolute atomic E-state index is 0.102. The van der Waals surface area contributed by atoms with Crippen molar-refractivity contribution in [3.8, 4) is 5.75 Å². The van der Waals surface area contributed by atoms with Gasteiger partial charge in [-0.2, -0.15) is 0 Å². The number of para-hydroxylation sites is 1. The van der Waals surface area contributed by atoms with Crippen molar-refractivity contribution in [3.05, 3.63) is 53.8 Å². The minimum atomic E-state index is -1.17. The molecule has 0 radical (unpaired) electrons. The molecule has 26 heavy (non-hydrogen) atoms. The van der Waals surface area contributed by atoms with Gasteiger partial charge in [0.1, 0.15) is 24.0 Å². The molecule has 0 spiro atoms. The van der Waals surface area contributed by atoms with Gasteiger partial charge in [-0.05, 0) is 13.0 Å². The molecule has 7 heteroatoms. The van der Waals surface area contributed by atoms with Crippen LogP contribution in [0.4, 0.5) is 0 Å². The normalized spacial score (nSPS) is 19.4. The Morgan fingerprint density at radius 1 is 1.35 bits per heavy atom. The molecule has 1 aromatic carbocycles. The summed E-state index contributed by atoms with van der Waals surface area (Å²) in [6.07, 6.45) is 1.97. The zero-order valence-corrected chi connectivity index (χ0v) is 14.5. The molecule has 0 saturated heterocycles. The number of ether oxygens (including phenoxy) is 2. The molecule has 1 heterocycles. The van der Waals surface area contributed by atoms with E-state index in [1.54, 1.807) is 30.3 Å². The van der Waals surface area contributed by atoms with Crippen molar-refractivity contribution in [2.24, 2.45) is 10.9 Å². The second-order valence-electron chi connectivity index (χ2n) is 5.59. The molecule has 0 bridgehead atoms. The molecular weight excluding hydrogens is 338 g/mol. The summed E-state index contributed by atoms with van der Waals surface area (Å²) in [6, 6.07) is 6.74. The zero-order chi connectivity index (χ0) is 19.3. The Bertz CT molecular complexity index is 808. The molecule has 1 aliphatic rings. The van der Waals surface area contributed by atoms with Crippen LogP contribution in [0.2, 0.25) is 0 Å². The van der Waals surface area contributed by atoms with E-state index in [1.165, 1.54) is 6.92 Å². The van der Waals surface area contributed by atoms with Gasteiger partial charge < -0.3 is 14.6 Å². The molecule has 7 nitrogen and oxygen atoms in total. The van der Waals surface area contributed by atoms with Crippen molar-refractivity contribution in [3.63, 3.8) is 0 Å². The highest BCUT2D eigenvalue weighted by atomic mass is 16.5. The quantitative estimate of drug-likeness (QED) is 0.456. The maximum Gasteiger partial charge on any atom is 0.336 e. The average Bonchev–Trinajstić information content (AvgIpc) is 2.64. The smallest absolute Gasteiger partial charge is 0.336 e. The van der Waals surface area contributed by atoms with Gasteiger partial charge in [0.15, 0.2) is 6.29 Å². The summed E-state index contributed by atoms with van der Waals surface area (Å²) < 4.78 is 10.4. The number of carboxylic acid groups (broad SMARTS) is 1. The van der Waals surface area contributed by atoms with Crippen LogP contribution in [-0.4, -0.2) is 42.8 Å². The van der Waals surface area contributed by atoms with E-state index in [0.717, 1.165) is 7.11 Å². The molecule has 0 aliphatic carbocycles. The summed E-state index contributed by atoms with van der Waals surface area (Å²) in [5, 5.41) is 9.74. The summed E-state index contributed by atoms with van der Waals surface area (Å²) in [4.78, 5) is 39.8. The summed E-state index contributed by atoms with van der Waals surface area (Å²) >= 11 is 0. The van der Waals surface area contributed by atoms with E-state index >= 15 is 0 Å². The fourth-order valence-electron chi connectivity index (χ4n) is 2.99. The Kier molecular flexibility index (Phi) is 6.06. The van der Waals surface area contributed by atoms with Crippen LogP contribution in [0, 0.1) is 5.92 Å². The van der Waals surface area contributed by atoms with Crippen LogP contribution in [0.5, 0.6) is 5.75 Å². The van der Waals surface area contributed by atoms with Crippen LogP contribution in [0.15, 0.2) is 53.2 Å². The molecule has 136 valence electrons. The molecule has 0 saturated carbocycles. The van der Waals surface area contributed by atoms with Gasteiger partial charge in [-0.1, -0.05) is 30.9 Å². The molecule has 0 aromatic heterocycles. The predicted molar refractivity (Wildman–Crippen MR) is 94.2 cm³/mol. The summed E-state index contributed by atoms with van der Waals surface area (Å²) in [5.74, 6) is -3.69. The number of carbonyl (C=O) groups excluding carboxylic acids is 2. The van der Waals surface area contributed by atoms with Gasteiger partial charge in [-0.15, -0.1) is 0 Å². The Balaban J connectivity index is 2.74. The fraction of sp³-hybridized carbons (Fsp3) is 0.263. The van der Waals surface area contributed by atoms with Crippen molar-refractivity contribution in [1.82, 2.24) is 0 Å². The first-order valence-corrected chi connectivity index (χ1v) is 7.84. The summed E-state index contributed by atoms with van der Waals surface area (Å²) in [6.45, 7) is 5.30. The van der Waals surface area contributed by atoms with Crippen LogP contribution < -0.4 is 4.74 Å². The Morgan fingerprint density at radius 2 is 2.04 bits per heavy atom. The molecule has 1 N–H and O–H groups in total. The van der Waals surface area contributed by atoms with E-state index in [0.29, 0.717) is 17.6 Å². The Labute approximate surface area is 150 Å². The number of nitrogens with zero attached hydrogens (tertiary/aromatic N) is 1. The fourth-order valence-corrected chi connectivity index (χ4v) is 2.99. The maximum absolute atomic E-state index is 12.4. The monoisotopic (exact) mass is 357 g/mol. The van der Waals surface area contributed by atoms with Crippen LogP contribution in [0.1, 0.15) is 18.4 Å². The largest absolute Gasteiger partial charge is 0.489 e. The molecule has 1 aliphatic heterocycles. The van der Waals surface area contributed by atoms with Gasteiger partial charge in [0, 0.05) is 17.2 Å². The van der Waals surface area contributed by atoms with Crippen molar-refractivity contribution in [2.45, 2.75) is 12.8 Å². The first-order chi connectivity index (χ1) is 12.5. The van der Waals surface area contributed by atoms with E-state index in [2.05, 4.69) is 11.6 Å². The lowest BCUT2D eigenvalue weighted by Gasteiger charge is -2.30. The van der Waals surface area contributed by atoms with E-state index in [1.807, 2.05) is 0 Å². The van der Waals surface area contributed by atoms with Gasteiger partial charge in [-0.3, -0.25) is 14.6 Å². The first-order valence-electron chi connectivity index (χ1n) is 7.84. The standard InChI is InChI=1S/C19H19NO6/c1-4-9-26-14-8-6-5-7-12(14)16-15(18(22)23)11(2)20-13(10-21)17(16)19(24)25-3/h4-8,10,15-16H,1,9H2,2-3H3,(H,22,23). The molecule has 0 fully saturated rings. The van der Waals surface area contributed by atoms with Crippen LogP contribution in [0.25, 0.3) is 0 Å². The highest BCUT2D eigenvalue weighted by Crippen LogP contribution is 2.42. The van der Waals surface area contributed by atoms with Crippen molar-refractivity contribution in [1.29, 1.82) is 0 Å². The van der Waals surface area contributed by atoms with Gasteiger partial charge in [0.05, 0.1) is 12.7 Å². The lowest BCUT2D eigenvalue weighted by molar-refractivity contribution is -0.140. The van der Waals surface area contributed by atoms with Gasteiger partial charge in [0.25, 0.3) is 0 Å². The van der Waals surface area contributed by atoms with Crippen molar-refractivity contribution >= 4 is 23.9 Å². The van der Waals surface area contributed by atoms with Gasteiger partial charge in [0.2, 0.25) is 0 Å². The average molecular weight is 357 g/mol. The third-order valence-corrected chi connectivity index (χ3v) is 4.06. The number of rotatable bonds is 7. The molecule has 1 aromatic rings. The number of esters is 1. The second-order valence-corrected chi connectivity index (χ2v) is 5.59. The zero-order valence-electron chi connectivity index (χ0n) is 14.5. The Hall–Kier alpha value is -3.22. The Morgan fingerprint density at radius 3 is 2.62 bits per heavy atom. The maximum atomic E-state index is 12.4. The van der Waals surface area contributed by atoms with Crippen molar-refractivity contribution in [2.75, 3.05) is 13.7 Å². The number of aldehydes is 1. The molecular formula is C19H19NO6. The number of methoxy groups -OCH3 is 1. The van der Waals surface area contributed by atoms with E-state index in [-0.39, 0.29) is 23.6 Å². The number of carboxylic acids is 1. The SMILES string of the molecule is C=CCOc1ccccc1C1C(C(=O)OC)=C(C=O)N=C(C)C1C(=O)O. The van der Waals surface area contributed by atoms with Gasteiger partial charge >= 0.3 is 11.9 Å². The van der Waals surface area contributed by atoms with Crippen LogP contribution >= 0.6 is 0 Å². The topological polar surface area (TPSA) is 102 Å². The third kappa shape index (κ3) is 3.56. The lowest BCUT2D eigenvalue weighted by atomic mass is 9.75. The van der Waals surface area contributed by atoms with E-state index < -0.39 is 23.8 Å². The van der Waals surface area contributed by atoms with Crippen LogP contribution in [-0.2, 0) is 19.1 Å². The highest BCUT2D eigenvalue weighted by Gasteiger charge is 2.43. The molecule has 2 rings (SSSR count). The lowest BCUT2D eigenvalue weighted by Crippen LogP contribution is -2.36. The van der Waals surface area contributed by atoms with Crippen LogP contribution in [0.3, 0.4) is 0 Å². The molecule has 2 unspecified atom stereocenters. The first kappa shape index (κ1) is 19.1. The molecule has 2 atom stereocenters. The number of carbonyl (C=O) groups is 3. The van der Waals surface area contributed by atoms with Crippen molar-refractivity contribution < 1.29 is 29.0 Å². The number of allylic oxidation sites excluding steroid dienone is 1. The predicted octanol–water partition coefficient (Wildman–Crippen LogP) is 2.14. The number of hydrogen-bond acceptors (Lipinski definition) is 6. The second kappa shape index (κ2) is 8.24. The van der Waals surface area contributed by atoms with Gasteiger partial charge in [-0.25, -0.2) is 4.79 Å². The summed E-state index contributed by atoms with van der Waals surface area (Å²) in [5.41, 5.74) is 0.428. The van der Waals surface area contributed by atoms with E-state index in [4.69, 9.17) is 9.47 Å². The minimum Gasteiger partial charge on any atom is -0.489 e. The number of hydrogen-bond donors (Lipinski definition) is 1. The number of benzene rings is 1. The third-order valence-electron chi connectivity index (χ3n) is 4.06.